The summed E-state index contributed by atoms with van der Waals surface area (Å²) in [5.41, 5.74) is 4.57. The first kappa shape index (κ1) is 22.0. The van der Waals surface area contributed by atoms with Crippen LogP contribution in [0.5, 0.6) is 0 Å². The number of benzene rings is 1. The van der Waals surface area contributed by atoms with Gasteiger partial charge in [0.05, 0.1) is 22.8 Å². The highest BCUT2D eigenvalue weighted by Gasteiger charge is 2.31. The lowest BCUT2D eigenvalue weighted by Crippen LogP contribution is -2.38. The van der Waals surface area contributed by atoms with Crippen molar-refractivity contribution in [3.05, 3.63) is 59.5 Å². The van der Waals surface area contributed by atoms with Gasteiger partial charge in [0, 0.05) is 55.6 Å². The van der Waals surface area contributed by atoms with E-state index in [0.29, 0.717) is 0 Å². The van der Waals surface area contributed by atoms with Gasteiger partial charge in [-0.1, -0.05) is 12.1 Å². The molecule has 0 radical (unpaired) electrons. The van der Waals surface area contributed by atoms with Crippen molar-refractivity contribution in [3.8, 4) is 6.57 Å². The fourth-order valence-corrected chi connectivity index (χ4v) is 5.33. The van der Waals surface area contributed by atoms with Gasteiger partial charge in [0.25, 0.3) is 5.91 Å². The number of nitrogens with one attached hydrogen (secondary N) is 1. The van der Waals surface area contributed by atoms with Crippen LogP contribution in [0.1, 0.15) is 59.8 Å². The minimum atomic E-state index is -0.0290. The zero-order valence-corrected chi connectivity index (χ0v) is 19.4. The van der Waals surface area contributed by atoms with Gasteiger partial charge in [-0.3, -0.25) is 4.79 Å². The van der Waals surface area contributed by atoms with E-state index in [2.05, 4.69) is 35.6 Å². The number of anilines is 1. The summed E-state index contributed by atoms with van der Waals surface area (Å²) in [5, 5.41) is 12.4. The summed E-state index contributed by atoms with van der Waals surface area (Å²) in [6.07, 6.45) is 9.46. The molecule has 34 heavy (non-hydrogen) atoms. The van der Waals surface area contributed by atoms with E-state index in [9.17, 15) is 4.79 Å². The van der Waals surface area contributed by atoms with Gasteiger partial charge >= 0.3 is 0 Å². The Morgan fingerprint density at radius 1 is 1.12 bits per heavy atom. The second-order valence-electron chi connectivity index (χ2n) is 9.07. The fourth-order valence-electron chi connectivity index (χ4n) is 5.33. The van der Waals surface area contributed by atoms with Gasteiger partial charge < -0.3 is 14.8 Å². The number of H-pyrrole nitrogens is 1. The molecule has 2 aliphatic heterocycles. The molecule has 0 bridgehead atoms. The van der Waals surface area contributed by atoms with Crippen molar-refractivity contribution in [2.24, 2.45) is 0 Å². The van der Waals surface area contributed by atoms with E-state index in [0.717, 1.165) is 78.1 Å². The molecule has 8 heteroatoms. The summed E-state index contributed by atoms with van der Waals surface area (Å²) < 4.78 is 1.88. The molecule has 0 spiro atoms. The highest BCUT2D eigenvalue weighted by atomic mass is 16.2. The SMILES string of the molecule is C#N.Cc1cn2nc(C3CCCCN3C(=O)c3cccc4cc[nH]c34)cc2nc1N1CCCC1. The van der Waals surface area contributed by atoms with Gasteiger partial charge in [-0.2, -0.15) is 5.10 Å². The third-order valence-electron chi connectivity index (χ3n) is 6.95. The Hall–Kier alpha value is -3.86. The molecule has 2 saturated heterocycles. The van der Waals surface area contributed by atoms with Crippen LogP contribution in [-0.4, -0.2) is 50.0 Å². The number of para-hydroxylation sites is 1. The number of nitrogens with zero attached hydrogens (tertiary/aromatic N) is 6. The van der Waals surface area contributed by atoms with Gasteiger partial charge in [-0.05, 0) is 51.2 Å². The standard InChI is InChI=1S/C25H28N6O.CHN/c1-17-16-31-22(27-24(17)29-12-4-5-13-29)15-20(28-31)21-9-2-3-14-30(21)25(32)19-8-6-7-18-10-11-26-23(18)19;1-2/h6-8,10-11,15-16,21,26H,2-5,9,12-14H2,1H3;1H. The smallest absolute Gasteiger partial charge is 0.256 e. The maximum atomic E-state index is 13.6. The monoisotopic (exact) mass is 455 g/mol. The number of aromatic amines is 1. The van der Waals surface area contributed by atoms with E-state index in [1.54, 1.807) is 0 Å². The average Bonchev–Trinajstić information content (AvgIpc) is 3.64. The summed E-state index contributed by atoms with van der Waals surface area (Å²) in [6.45, 7) is 8.50. The molecule has 8 nitrogen and oxygen atoms in total. The summed E-state index contributed by atoms with van der Waals surface area (Å²) in [5.74, 6) is 1.14. The second kappa shape index (κ2) is 9.18. The Bertz CT molecular complexity index is 1350. The Labute approximate surface area is 198 Å². The van der Waals surface area contributed by atoms with Crippen LogP contribution >= 0.6 is 0 Å². The van der Waals surface area contributed by atoms with Gasteiger partial charge in [-0.15, -0.1) is 0 Å². The van der Waals surface area contributed by atoms with Crippen LogP contribution in [0.4, 0.5) is 5.82 Å². The zero-order chi connectivity index (χ0) is 23.7. The Kier molecular flexibility index (Phi) is 5.93. The highest BCUT2D eigenvalue weighted by molar-refractivity contribution is 6.05. The lowest BCUT2D eigenvalue weighted by molar-refractivity contribution is 0.0607. The first-order valence-electron chi connectivity index (χ1n) is 11.9. The number of aromatic nitrogens is 4. The molecule has 1 aromatic carbocycles. The average molecular weight is 456 g/mol. The first-order valence-corrected chi connectivity index (χ1v) is 11.9. The number of aryl methyl sites for hydroxylation is 1. The van der Waals surface area contributed by atoms with Gasteiger partial charge in [0.1, 0.15) is 5.82 Å². The number of fused-ring (bicyclic) bond motifs is 2. The lowest BCUT2D eigenvalue weighted by atomic mass is 9.98. The van der Waals surface area contributed by atoms with Gasteiger partial charge in [0.15, 0.2) is 5.65 Å². The lowest BCUT2D eigenvalue weighted by Gasteiger charge is -2.35. The first-order chi connectivity index (χ1) is 16.7. The molecule has 2 aliphatic rings. The van der Waals surface area contributed by atoms with Crippen LogP contribution in [0.15, 0.2) is 42.7 Å². The van der Waals surface area contributed by atoms with E-state index < -0.39 is 0 Å². The number of rotatable bonds is 3. The zero-order valence-electron chi connectivity index (χ0n) is 19.4. The molecule has 0 aliphatic carbocycles. The number of carbonyl (C=O) groups excluding carboxylic acids is 1. The number of hydrogen-bond acceptors (Lipinski definition) is 5. The number of amides is 1. The van der Waals surface area contributed by atoms with Crippen molar-refractivity contribution in [2.45, 2.75) is 45.1 Å². The minimum Gasteiger partial charge on any atom is -0.361 e. The Balaban J connectivity index is 0.00000117. The van der Waals surface area contributed by atoms with E-state index in [1.165, 1.54) is 12.8 Å². The third-order valence-corrected chi connectivity index (χ3v) is 6.95. The Morgan fingerprint density at radius 2 is 1.91 bits per heavy atom. The van der Waals surface area contributed by atoms with Crippen LogP contribution in [0.2, 0.25) is 0 Å². The summed E-state index contributed by atoms with van der Waals surface area (Å²) >= 11 is 0. The maximum Gasteiger partial charge on any atom is 0.256 e. The van der Waals surface area contributed by atoms with E-state index >= 15 is 0 Å². The predicted molar refractivity (Wildman–Crippen MR) is 132 cm³/mol. The normalized spacial score (nSPS) is 18.3. The van der Waals surface area contributed by atoms with E-state index in [4.69, 9.17) is 15.3 Å². The number of piperidine rings is 1. The van der Waals surface area contributed by atoms with Crippen LogP contribution in [0.25, 0.3) is 16.6 Å². The molecular weight excluding hydrogens is 426 g/mol. The molecule has 4 aromatic rings. The topological polar surface area (TPSA) is 93.3 Å². The maximum absolute atomic E-state index is 13.6. The largest absolute Gasteiger partial charge is 0.361 e. The summed E-state index contributed by atoms with van der Waals surface area (Å²) in [4.78, 5) is 26.2. The van der Waals surface area contributed by atoms with E-state index in [1.807, 2.05) is 39.9 Å². The molecule has 1 N–H and O–H groups in total. The quantitative estimate of drug-likeness (QED) is 0.486. The molecular formula is C26H29N7O. The number of carbonyl (C=O) groups is 1. The molecule has 1 unspecified atom stereocenters. The van der Waals surface area contributed by atoms with Crippen LogP contribution in [0.3, 0.4) is 0 Å². The Morgan fingerprint density at radius 3 is 2.74 bits per heavy atom. The van der Waals surface area contributed by atoms with Crippen molar-refractivity contribution >= 4 is 28.3 Å². The van der Waals surface area contributed by atoms with Crippen LogP contribution in [0, 0.1) is 18.8 Å². The molecule has 174 valence electrons. The van der Waals surface area contributed by atoms with Crippen LogP contribution in [-0.2, 0) is 0 Å². The van der Waals surface area contributed by atoms with Gasteiger partial charge in [0.2, 0.25) is 0 Å². The number of hydrogen-bond donors (Lipinski definition) is 1. The predicted octanol–water partition coefficient (Wildman–Crippen LogP) is 4.63. The molecule has 6 rings (SSSR count). The van der Waals surface area contributed by atoms with Crippen molar-refractivity contribution in [2.75, 3.05) is 24.5 Å². The molecule has 5 heterocycles. The van der Waals surface area contributed by atoms with Crippen molar-refractivity contribution in [3.63, 3.8) is 0 Å². The molecule has 2 fully saturated rings. The minimum absolute atomic E-state index is 0.0290. The molecule has 1 atom stereocenters. The second-order valence-corrected chi connectivity index (χ2v) is 9.07. The summed E-state index contributed by atoms with van der Waals surface area (Å²) in [6, 6.07) is 9.96. The molecule has 0 saturated carbocycles. The van der Waals surface area contributed by atoms with Crippen molar-refractivity contribution in [1.29, 1.82) is 5.26 Å². The molecule has 3 aromatic heterocycles. The van der Waals surface area contributed by atoms with Gasteiger partial charge in [-0.25, -0.2) is 14.8 Å². The highest BCUT2D eigenvalue weighted by Crippen LogP contribution is 2.33. The summed E-state index contributed by atoms with van der Waals surface area (Å²) in [7, 11) is 0. The third kappa shape index (κ3) is 3.77. The van der Waals surface area contributed by atoms with E-state index in [-0.39, 0.29) is 11.9 Å². The fraction of sp³-hybridized carbons (Fsp3) is 0.385. The van der Waals surface area contributed by atoms with Crippen LogP contribution < -0.4 is 4.90 Å². The molecule has 1 amide bonds. The number of nitriles is 1. The van der Waals surface area contributed by atoms with Crippen molar-refractivity contribution in [1.82, 2.24) is 24.5 Å². The number of likely N-dealkylation sites (tertiary alicyclic amines) is 1. The van der Waals surface area contributed by atoms with Crippen molar-refractivity contribution < 1.29 is 4.79 Å².